The van der Waals surface area contributed by atoms with Crippen molar-refractivity contribution in [2.24, 2.45) is 0 Å². The molecule has 0 aliphatic carbocycles. The minimum Gasteiger partial charge on any atom is -0.508 e. The first kappa shape index (κ1) is 29.0. The highest BCUT2D eigenvalue weighted by atomic mass is 35.5. The summed E-state index contributed by atoms with van der Waals surface area (Å²) >= 11 is 6.85. The maximum Gasteiger partial charge on any atom is 0.408 e. The third-order valence-corrected chi connectivity index (χ3v) is 8.11. The number of carbonyl (C=O) groups excluding carboxylic acids is 4. The minimum atomic E-state index is -1.30. The molecular weight excluding hydrogens is 568 g/mol. The Kier molecular flexibility index (Phi) is 8.40. The van der Waals surface area contributed by atoms with Crippen LogP contribution in [0.1, 0.15) is 31.0 Å². The third-order valence-electron chi connectivity index (χ3n) is 6.43. The summed E-state index contributed by atoms with van der Waals surface area (Å²) in [5, 5.41) is 25.0. The predicted octanol–water partition coefficient (Wildman–Crippen LogP) is 2.55. The number of esters is 1. The number of aromatic hydroxyl groups is 1. The number of fused-ring (bicyclic) bond motifs is 1. The summed E-state index contributed by atoms with van der Waals surface area (Å²) in [5.74, 6) is -1.92. The van der Waals surface area contributed by atoms with Gasteiger partial charge < -0.3 is 30.1 Å². The second-order valence-electron chi connectivity index (χ2n) is 9.49. The molecule has 0 radical (unpaired) electrons. The maximum absolute atomic E-state index is 13.4. The highest BCUT2D eigenvalue weighted by Gasteiger charge is 2.64. The van der Waals surface area contributed by atoms with Crippen LogP contribution in [0.25, 0.3) is 0 Å². The number of non-ortho nitro benzene ring substituents is 1. The summed E-state index contributed by atoms with van der Waals surface area (Å²) in [5.41, 5.74) is 0.663. The number of nitrogens with one attached hydrogen (secondary N) is 2. The molecule has 15 heteroatoms. The van der Waals surface area contributed by atoms with E-state index >= 15 is 0 Å². The van der Waals surface area contributed by atoms with Crippen LogP contribution in [0.3, 0.4) is 0 Å². The van der Waals surface area contributed by atoms with Crippen LogP contribution in [0.4, 0.5) is 10.5 Å². The number of carbonyl (C=O) groups is 4. The number of nitro benzene ring substituents is 1. The molecule has 4 rings (SSSR count). The molecule has 2 fully saturated rings. The summed E-state index contributed by atoms with van der Waals surface area (Å²) < 4.78 is 9.40. The highest BCUT2D eigenvalue weighted by Crippen LogP contribution is 2.51. The van der Waals surface area contributed by atoms with Crippen molar-refractivity contribution in [3.8, 4) is 5.75 Å². The lowest BCUT2D eigenvalue weighted by molar-refractivity contribution is -0.384. The van der Waals surface area contributed by atoms with E-state index in [1.165, 1.54) is 65.2 Å². The molecule has 1 unspecified atom stereocenters. The predicted molar refractivity (Wildman–Crippen MR) is 142 cm³/mol. The van der Waals surface area contributed by atoms with Gasteiger partial charge in [-0.25, -0.2) is 9.59 Å². The molecule has 0 spiro atoms. The molecule has 2 aliphatic rings. The van der Waals surface area contributed by atoms with Crippen molar-refractivity contribution in [1.82, 2.24) is 15.5 Å². The minimum absolute atomic E-state index is 0.0621. The fourth-order valence-electron chi connectivity index (χ4n) is 4.49. The number of phenolic OH excluding ortho intramolecular Hbond substituents is 1. The number of ether oxygens (including phenoxy) is 2. The fraction of sp³-hybridized carbons (Fsp3) is 0.360. The van der Waals surface area contributed by atoms with Gasteiger partial charge in [-0.15, -0.1) is 11.8 Å². The van der Waals surface area contributed by atoms with E-state index in [1.807, 2.05) is 0 Å². The number of rotatable bonds is 9. The second-order valence-corrected chi connectivity index (χ2v) is 11.5. The zero-order chi connectivity index (χ0) is 29.2. The lowest BCUT2D eigenvalue weighted by Gasteiger charge is -2.44. The van der Waals surface area contributed by atoms with Crippen molar-refractivity contribution in [2.45, 2.75) is 48.7 Å². The summed E-state index contributed by atoms with van der Waals surface area (Å²) in [7, 11) is 0. The molecule has 2 aliphatic heterocycles. The number of amides is 3. The molecule has 0 saturated carbocycles. The molecule has 2 aromatic carbocycles. The van der Waals surface area contributed by atoms with E-state index < -0.39 is 57.0 Å². The number of nitro groups is 1. The fourth-order valence-corrected chi connectivity index (χ4v) is 6.21. The Morgan fingerprint density at radius 1 is 1.15 bits per heavy atom. The van der Waals surface area contributed by atoms with Gasteiger partial charge in [0.1, 0.15) is 35.9 Å². The Morgan fingerprint density at radius 2 is 1.80 bits per heavy atom. The van der Waals surface area contributed by atoms with E-state index in [0.717, 1.165) is 0 Å². The van der Waals surface area contributed by atoms with E-state index in [1.54, 1.807) is 13.8 Å². The molecule has 3 N–H and O–H groups in total. The van der Waals surface area contributed by atoms with Crippen molar-refractivity contribution < 1.29 is 38.7 Å². The number of benzene rings is 2. The first-order chi connectivity index (χ1) is 18.9. The Hall–Kier alpha value is -4.04. The number of thioether (sulfide) groups is 1. The second kappa shape index (κ2) is 11.6. The lowest BCUT2D eigenvalue weighted by Crippen LogP contribution is -2.71. The van der Waals surface area contributed by atoms with Crippen LogP contribution in [-0.2, 0) is 30.5 Å². The van der Waals surface area contributed by atoms with E-state index in [9.17, 15) is 34.4 Å². The Bertz CT molecular complexity index is 1320. The van der Waals surface area contributed by atoms with Gasteiger partial charge in [0.15, 0.2) is 6.07 Å². The van der Waals surface area contributed by atoms with Crippen molar-refractivity contribution in [1.29, 1.82) is 0 Å². The van der Waals surface area contributed by atoms with Crippen LogP contribution in [0.2, 0.25) is 0 Å². The van der Waals surface area contributed by atoms with Gasteiger partial charge in [0.25, 0.3) is 5.69 Å². The summed E-state index contributed by atoms with van der Waals surface area (Å²) in [4.78, 5) is 63.1. The van der Waals surface area contributed by atoms with Crippen molar-refractivity contribution in [2.75, 3.05) is 6.07 Å². The molecule has 40 heavy (non-hydrogen) atoms. The van der Waals surface area contributed by atoms with Crippen LogP contribution in [0, 0.1) is 10.1 Å². The first-order valence-electron chi connectivity index (χ1n) is 11.9. The number of alkyl carbamates (subject to hydrolysis) is 1. The lowest BCUT2D eigenvalue weighted by atomic mass is 9.95. The van der Waals surface area contributed by atoms with Crippen molar-refractivity contribution >= 4 is 52.9 Å². The zero-order valence-electron chi connectivity index (χ0n) is 21.2. The molecule has 212 valence electrons. The number of phenols is 1. The maximum atomic E-state index is 13.4. The highest BCUT2D eigenvalue weighted by molar-refractivity contribution is 8.01. The Morgan fingerprint density at radius 3 is 2.40 bits per heavy atom. The van der Waals surface area contributed by atoms with Crippen LogP contribution < -0.4 is 10.6 Å². The molecule has 3 amide bonds. The average Bonchev–Trinajstić information content (AvgIpc) is 3.17. The molecule has 13 nitrogen and oxygen atoms in total. The van der Waals surface area contributed by atoms with Crippen LogP contribution >= 0.6 is 23.4 Å². The van der Waals surface area contributed by atoms with E-state index in [-0.39, 0.29) is 24.1 Å². The molecule has 4 atom stereocenters. The van der Waals surface area contributed by atoms with E-state index in [4.69, 9.17) is 21.1 Å². The molecular formula is C25H25ClN4O9S. The van der Waals surface area contributed by atoms with Crippen LogP contribution in [0.5, 0.6) is 5.75 Å². The number of halogens is 1. The summed E-state index contributed by atoms with van der Waals surface area (Å²) in [6, 6.07) is 7.40. The third kappa shape index (κ3) is 5.92. The topological polar surface area (TPSA) is 177 Å². The number of nitrogens with zero attached hydrogens (tertiary/aromatic N) is 2. The van der Waals surface area contributed by atoms with Gasteiger partial charge in [-0.1, -0.05) is 23.7 Å². The van der Waals surface area contributed by atoms with Crippen LogP contribution in [0.15, 0.2) is 48.5 Å². The van der Waals surface area contributed by atoms with Gasteiger partial charge >= 0.3 is 12.1 Å². The van der Waals surface area contributed by atoms with Crippen molar-refractivity contribution in [3.05, 3.63) is 69.8 Å². The molecule has 2 saturated heterocycles. The number of hydrogen-bond acceptors (Lipinski definition) is 10. The monoisotopic (exact) mass is 592 g/mol. The van der Waals surface area contributed by atoms with E-state index in [0.29, 0.717) is 11.1 Å². The Balaban J connectivity index is 1.45. The zero-order valence-corrected chi connectivity index (χ0v) is 22.8. The van der Waals surface area contributed by atoms with Gasteiger partial charge in [0.2, 0.25) is 11.8 Å². The molecule has 2 aromatic rings. The average molecular weight is 593 g/mol. The smallest absolute Gasteiger partial charge is 0.408 e. The Labute approximate surface area is 237 Å². The van der Waals surface area contributed by atoms with E-state index in [2.05, 4.69) is 10.6 Å². The summed E-state index contributed by atoms with van der Waals surface area (Å²) in [6.45, 7) is 3.34. The van der Waals surface area contributed by atoms with Gasteiger partial charge in [-0.3, -0.25) is 19.7 Å². The number of hydrogen-bond donors (Lipinski definition) is 3. The van der Waals surface area contributed by atoms with Crippen molar-refractivity contribution in [3.63, 3.8) is 0 Å². The number of alkyl halides is 1. The standard InChI is InChI=1S/C25H25ClN4O9S/c1-25(2)19(23(34)39-12-26)29-21(33)18(22(29)40-25)27-20(32)17(14-5-9-16(31)10-6-14)28-24(35)38-11-13-3-7-15(8-4-13)30(36)37/h3-10,17-19,22,31H,11-12H2,1-2H3,(H,27,32)(H,28,35)/t17?,18-,19+,22-/m1/s1. The van der Waals surface area contributed by atoms with Gasteiger partial charge in [0.05, 0.1) is 4.92 Å². The molecule has 0 bridgehead atoms. The quantitative estimate of drug-likeness (QED) is 0.129. The molecule has 2 heterocycles. The normalized spacial score (nSPS) is 21.4. The summed E-state index contributed by atoms with van der Waals surface area (Å²) in [6.07, 6.45) is -0.964. The van der Waals surface area contributed by atoms with Gasteiger partial charge in [-0.2, -0.15) is 0 Å². The SMILES string of the molecule is CC1(C)S[C@@H]2[C@H](NC(=O)C(NC(=O)OCc3ccc([N+](=O)[O-])cc3)c3ccc(O)cc3)C(=O)N2[C@H]1C(=O)OCCl. The molecule has 0 aromatic heterocycles. The van der Waals surface area contributed by atoms with Gasteiger partial charge in [0, 0.05) is 16.9 Å². The van der Waals surface area contributed by atoms with Gasteiger partial charge in [-0.05, 0) is 49.2 Å². The van der Waals surface area contributed by atoms with Crippen LogP contribution in [-0.4, -0.2) is 67.1 Å². The first-order valence-corrected chi connectivity index (χ1v) is 13.3. The largest absolute Gasteiger partial charge is 0.508 e. The number of β-lactam (4-membered cyclic amide) rings is 1.